The average molecular weight is 423 g/mol. The largest absolute Gasteiger partial charge is 0.493 e. The fourth-order valence-corrected chi connectivity index (χ4v) is 3.06. The summed E-state index contributed by atoms with van der Waals surface area (Å²) in [5.74, 6) is 0.628. The number of nitrogens with one attached hydrogen (secondary N) is 2. The number of aliphatic imine (C=N–C) groups is 1. The van der Waals surface area contributed by atoms with Gasteiger partial charge in [0.05, 0.1) is 27.0 Å². The number of hydrazine groups is 1. The van der Waals surface area contributed by atoms with Crippen molar-refractivity contribution >= 4 is 34.5 Å². The van der Waals surface area contributed by atoms with Crippen molar-refractivity contribution in [1.29, 1.82) is 0 Å². The van der Waals surface area contributed by atoms with Crippen LogP contribution in [0.5, 0.6) is 17.2 Å². The van der Waals surface area contributed by atoms with Gasteiger partial charge in [-0.2, -0.15) is 10.5 Å². The Hall–Kier alpha value is -2.79. The first-order valence-corrected chi connectivity index (χ1v) is 9.87. The Morgan fingerprint density at radius 2 is 1.72 bits per heavy atom. The van der Waals surface area contributed by atoms with E-state index in [9.17, 15) is 9.59 Å². The Morgan fingerprint density at radius 1 is 1.14 bits per heavy atom. The molecule has 10 nitrogen and oxygen atoms in total. The van der Waals surface area contributed by atoms with Crippen LogP contribution in [0.3, 0.4) is 0 Å². The minimum absolute atomic E-state index is 0.357. The number of carbonyl (C=O) groups excluding carboxylic acids is 2. The zero-order valence-electron chi connectivity index (χ0n) is 17.2. The van der Waals surface area contributed by atoms with Crippen LogP contribution in [0.25, 0.3) is 0 Å². The van der Waals surface area contributed by atoms with Gasteiger partial charge >= 0.3 is 0 Å². The Kier molecular flexibility index (Phi) is 7.85. The number of nitrogens with zero attached hydrogens (tertiary/aromatic N) is 3. The number of carbonyl (C=O) groups is 2. The van der Waals surface area contributed by atoms with Gasteiger partial charge in [-0.1, -0.05) is 11.8 Å². The summed E-state index contributed by atoms with van der Waals surface area (Å²) in [6.45, 7) is 2.59. The van der Waals surface area contributed by atoms with Crippen molar-refractivity contribution in [1.82, 2.24) is 15.9 Å². The van der Waals surface area contributed by atoms with Crippen molar-refractivity contribution in [2.45, 2.75) is 26.4 Å². The van der Waals surface area contributed by atoms with Crippen molar-refractivity contribution in [2.75, 3.05) is 27.6 Å². The number of hydrogen-bond acceptors (Lipinski definition) is 10. The normalized spacial score (nSPS) is 15.6. The lowest BCUT2D eigenvalue weighted by atomic mass is 10.1. The quantitative estimate of drug-likeness (QED) is 0.628. The van der Waals surface area contributed by atoms with Gasteiger partial charge in [-0.25, -0.2) is 10.0 Å². The molecule has 0 radical (unpaired) electrons. The summed E-state index contributed by atoms with van der Waals surface area (Å²) in [6, 6.07) is 3.62. The lowest BCUT2D eigenvalue weighted by molar-refractivity contribution is -0.146. The number of rotatable bonds is 7. The monoisotopic (exact) mass is 423 g/mol. The summed E-state index contributed by atoms with van der Waals surface area (Å²) in [6.07, 6.45) is 1.50. The van der Waals surface area contributed by atoms with Gasteiger partial charge in [0.1, 0.15) is 0 Å². The Bertz CT molecular complexity index is 803. The molecule has 2 rings (SSSR count). The Morgan fingerprint density at radius 3 is 2.17 bits per heavy atom. The van der Waals surface area contributed by atoms with Crippen LogP contribution >= 0.6 is 11.8 Å². The first-order chi connectivity index (χ1) is 13.8. The highest BCUT2D eigenvalue weighted by Gasteiger charge is 2.26. The number of hydrogen-bond donors (Lipinski definition) is 2. The number of amides is 2. The van der Waals surface area contributed by atoms with Crippen LogP contribution in [0.15, 0.2) is 22.2 Å². The molecule has 1 aromatic rings. The number of methoxy groups -OCH3 is 3. The molecule has 0 fully saturated rings. The summed E-state index contributed by atoms with van der Waals surface area (Å²) in [5, 5.41) is 5.85. The minimum Gasteiger partial charge on any atom is -0.493 e. The third kappa shape index (κ3) is 5.39. The van der Waals surface area contributed by atoms with E-state index in [-0.39, 0.29) is 0 Å². The molecule has 0 aromatic heterocycles. The van der Waals surface area contributed by atoms with Crippen molar-refractivity contribution in [3.05, 3.63) is 17.7 Å². The molecule has 0 spiro atoms. The Labute approximate surface area is 173 Å². The highest BCUT2D eigenvalue weighted by Crippen LogP contribution is 2.38. The van der Waals surface area contributed by atoms with Crippen LogP contribution in [0.1, 0.15) is 19.4 Å². The topological polar surface area (TPSA) is 114 Å². The first-order valence-electron chi connectivity index (χ1n) is 8.65. The van der Waals surface area contributed by atoms with Crippen LogP contribution < -0.4 is 25.1 Å². The predicted octanol–water partition coefficient (Wildman–Crippen LogP) is 1.16. The molecule has 2 amide bonds. The maximum absolute atomic E-state index is 11.8. The second-order valence-electron chi connectivity index (χ2n) is 5.97. The lowest BCUT2D eigenvalue weighted by Gasteiger charge is -2.27. The summed E-state index contributed by atoms with van der Waals surface area (Å²) < 4.78 is 16.1. The van der Waals surface area contributed by atoms with Crippen molar-refractivity contribution < 1.29 is 23.8 Å². The molecule has 29 heavy (non-hydrogen) atoms. The van der Waals surface area contributed by atoms with E-state index in [0.29, 0.717) is 34.5 Å². The van der Waals surface area contributed by atoms with Gasteiger partial charge in [-0.05, 0) is 24.0 Å². The fraction of sp³-hybridized carbons (Fsp3) is 0.444. The average Bonchev–Trinajstić information content (AvgIpc) is 2.71. The zero-order valence-corrected chi connectivity index (χ0v) is 18.0. The second-order valence-corrected chi connectivity index (χ2v) is 6.76. The predicted molar refractivity (Wildman–Crippen MR) is 111 cm³/mol. The number of benzene rings is 1. The number of hydrazone groups is 1. The summed E-state index contributed by atoms with van der Waals surface area (Å²) >= 11 is 1.37. The number of amidine groups is 1. The third-order valence-corrected chi connectivity index (χ3v) is 4.62. The SMILES string of the molecule is COc1cc(CC2=NNC(SC)=NC2NN(C(C)=O)C(C)=O)cc(OC)c1OC. The van der Waals surface area contributed by atoms with Gasteiger partial charge in [0, 0.05) is 20.3 Å². The molecule has 1 unspecified atom stereocenters. The van der Waals surface area contributed by atoms with E-state index in [2.05, 4.69) is 20.9 Å². The summed E-state index contributed by atoms with van der Waals surface area (Å²) in [5.41, 5.74) is 7.11. The highest BCUT2D eigenvalue weighted by atomic mass is 32.2. The number of ether oxygens (including phenoxy) is 3. The molecule has 2 N–H and O–H groups in total. The van der Waals surface area contributed by atoms with Crippen molar-refractivity contribution in [3.8, 4) is 17.2 Å². The van der Waals surface area contributed by atoms with Gasteiger partial charge in [0.25, 0.3) is 0 Å². The molecule has 0 saturated heterocycles. The van der Waals surface area contributed by atoms with Crippen LogP contribution in [0.4, 0.5) is 0 Å². The molecule has 0 saturated carbocycles. The first kappa shape index (κ1) is 22.5. The van der Waals surface area contributed by atoms with Crippen LogP contribution in [0, 0.1) is 0 Å². The lowest BCUT2D eigenvalue weighted by Crippen LogP contribution is -2.54. The maximum Gasteiger partial charge on any atom is 0.240 e. The van der Waals surface area contributed by atoms with E-state index in [1.807, 2.05) is 18.4 Å². The van der Waals surface area contributed by atoms with Gasteiger partial charge in [0.15, 0.2) is 22.8 Å². The van der Waals surface area contributed by atoms with E-state index in [0.717, 1.165) is 10.6 Å². The van der Waals surface area contributed by atoms with Gasteiger partial charge in [0.2, 0.25) is 17.6 Å². The maximum atomic E-state index is 11.8. The summed E-state index contributed by atoms with van der Waals surface area (Å²) in [7, 11) is 4.61. The van der Waals surface area contributed by atoms with Crippen LogP contribution in [-0.4, -0.2) is 61.5 Å². The van der Waals surface area contributed by atoms with Crippen LogP contribution in [-0.2, 0) is 16.0 Å². The molecule has 1 aromatic carbocycles. The summed E-state index contributed by atoms with van der Waals surface area (Å²) in [4.78, 5) is 28.1. The smallest absolute Gasteiger partial charge is 0.240 e. The van der Waals surface area contributed by atoms with E-state index in [1.54, 1.807) is 0 Å². The molecule has 1 atom stereocenters. The van der Waals surface area contributed by atoms with E-state index >= 15 is 0 Å². The van der Waals surface area contributed by atoms with Gasteiger partial charge in [-0.15, -0.1) is 0 Å². The molecular formula is C18H25N5O5S. The molecule has 0 bridgehead atoms. The number of thioether (sulfide) groups is 1. The van der Waals surface area contributed by atoms with Gasteiger partial charge < -0.3 is 14.2 Å². The van der Waals surface area contributed by atoms with Gasteiger partial charge in [-0.3, -0.25) is 15.0 Å². The number of imide groups is 1. The minimum atomic E-state index is -0.703. The fourth-order valence-electron chi connectivity index (χ4n) is 2.71. The zero-order chi connectivity index (χ0) is 21.6. The van der Waals surface area contributed by atoms with E-state index in [1.165, 1.54) is 46.9 Å². The molecular weight excluding hydrogens is 398 g/mol. The van der Waals surface area contributed by atoms with E-state index < -0.39 is 18.0 Å². The van der Waals surface area contributed by atoms with Crippen molar-refractivity contribution in [3.63, 3.8) is 0 Å². The molecule has 1 aliphatic heterocycles. The second kappa shape index (κ2) is 10.1. The van der Waals surface area contributed by atoms with E-state index in [4.69, 9.17) is 14.2 Å². The molecule has 1 aliphatic rings. The molecule has 1 heterocycles. The molecule has 158 valence electrons. The van der Waals surface area contributed by atoms with Crippen LogP contribution in [0.2, 0.25) is 0 Å². The molecule has 11 heteroatoms. The molecule has 0 aliphatic carbocycles. The standard InChI is InChI=1S/C18H25N5O5S/c1-10(24)23(11(2)25)22-17-13(20-21-18(19-17)29-6)7-12-8-14(26-3)16(28-5)15(9-12)27-4/h8-9,17,22H,7H2,1-6H3,(H,19,21). The van der Waals surface area contributed by atoms with Crippen molar-refractivity contribution in [2.24, 2.45) is 10.1 Å². The Balaban J connectivity index is 2.35. The third-order valence-electron chi connectivity index (χ3n) is 4.04. The highest BCUT2D eigenvalue weighted by molar-refractivity contribution is 8.13.